The number of hydrogen-bond donors (Lipinski definition) is 0. The molecular weight excluding hydrogens is 875 g/mol. The number of ether oxygens (including phenoxy) is 4. The maximum atomic E-state index is 12.8. The molecule has 0 saturated carbocycles. The molecule has 0 N–H and O–H groups in total. The third-order valence-electron chi connectivity index (χ3n) is 10.9. The number of nitrogens with zero attached hydrogens (tertiary/aromatic N) is 1. The number of likely N-dealkylation sites (N-methyl/N-ethyl adjacent to an activating group) is 1. The number of esters is 2. The zero-order chi connectivity index (χ0) is 51.3. The average Bonchev–Trinajstić information content (AvgIpc) is 3.33. The van der Waals surface area contributed by atoms with Crippen LogP contribution in [0.1, 0.15) is 187 Å². The number of carboxylic acids is 1. The first-order valence-corrected chi connectivity index (χ1v) is 27.2. The summed E-state index contributed by atoms with van der Waals surface area (Å²) < 4.78 is 22.6. The third-order valence-corrected chi connectivity index (χ3v) is 10.9. The van der Waals surface area contributed by atoms with E-state index in [1.54, 1.807) is 0 Å². The molecule has 0 aromatic heterocycles. The molecule has 0 saturated heterocycles. The Morgan fingerprint density at radius 2 is 0.814 bits per heavy atom. The molecule has 2 unspecified atom stereocenters. The summed E-state index contributed by atoms with van der Waals surface area (Å²) in [5.41, 5.74) is 0. The van der Waals surface area contributed by atoms with Gasteiger partial charge in [0.1, 0.15) is 13.2 Å². The Hall–Kier alpha value is -4.31. The number of carbonyl (C=O) groups is 3. The van der Waals surface area contributed by atoms with Crippen molar-refractivity contribution in [3.63, 3.8) is 0 Å². The lowest BCUT2D eigenvalue weighted by atomic mass is 10.1. The van der Waals surface area contributed by atoms with Crippen molar-refractivity contribution in [1.29, 1.82) is 0 Å². The zero-order valence-corrected chi connectivity index (χ0v) is 44.8. The van der Waals surface area contributed by atoms with Crippen molar-refractivity contribution in [2.45, 2.75) is 200 Å². The second-order valence-corrected chi connectivity index (χ2v) is 18.8. The fraction of sp³-hybridized carbons (Fsp3) is 0.623. The quantitative estimate of drug-likeness (QED) is 0.0195. The first-order chi connectivity index (χ1) is 34.1. The van der Waals surface area contributed by atoms with Gasteiger partial charge in [0.15, 0.2) is 12.4 Å². The van der Waals surface area contributed by atoms with Gasteiger partial charge >= 0.3 is 11.9 Å². The van der Waals surface area contributed by atoms with E-state index in [1.165, 1.54) is 12.8 Å². The molecule has 0 spiro atoms. The van der Waals surface area contributed by atoms with Gasteiger partial charge in [0, 0.05) is 12.8 Å². The van der Waals surface area contributed by atoms with Crippen molar-refractivity contribution >= 4 is 17.9 Å². The highest BCUT2D eigenvalue weighted by molar-refractivity contribution is 5.70. The smallest absolute Gasteiger partial charge is 0.306 e. The van der Waals surface area contributed by atoms with Crippen LogP contribution in [0.5, 0.6) is 0 Å². The number of carboxylic acid groups (broad SMARTS) is 1. The lowest BCUT2D eigenvalue weighted by Gasteiger charge is -2.26. The summed E-state index contributed by atoms with van der Waals surface area (Å²) in [4.78, 5) is 37.2. The zero-order valence-electron chi connectivity index (χ0n) is 44.8. The third kappa shape index (κ3) is 51.5. The van der Waals surface area contributed by atoms with Gasteiger partial charge in [0.25, 0.3) is 0 Å². The number of carbonyl (C=O) groups excluding carboxylic acids is 3. The minimum absolute atomic E-state index is 0.135. The molecule has 0 fully saturated rings. The monoisotopic (exact) mass is 974 g/mol. The van der Waals surface area contributed by atoms with E-state index in [4.69, 9.17) is 18.9 Å². The van der Waals surface area contributed by atoms with E-state index < -0.39 is 24.3 Å². The van der Waals surface area contributed by atoms with Crippen molar-refractivity contribution < 1.29 is 42.9 Å². The van der Waals surface area contributed by atoms with E-state index in [9.17, 15) is 19.5 Å². The maximum Gasteiger partial charge on any atom is 0.306 e. The summed E-state index contributed by atoms with van der Waals surface area (Å²) in [5.74, 6) is -2.34. The molecule has 0 rings (SSSR count). The predicted molar refractivity (Wildman–Crippen MR) is 292 cm³/mol. The fourth-order valence-corrected chi connectivity index (χ4v) is 6.74. The first-order valence-electron chi connectivity index (χ1n) is 27.2. The van der Waals surface area contributed by atoms with Crippen molar-refractivity contribution in [2.75, 3.05) is 47.5 Å². The van der Waals surface area contributed by atoms with Crippen LogP contribution >= 0.6 is 0 Å². The summed E-state index contributed by atoms with van der Waals surface area (Å²) >= 11 is 0. The van der Waals surface area contributed by atoms with Gasteiger partial charge in [-0.25, -0.2) is 0 Å². The van der Waals surface area contributed by atoms with E-state index in [2.05, 4.69) is 135 Å². The molecule has 0 aromatic rings. The van der Waals surface area contributed by atoms with Crippen LogP contribution in [-0.4, -0.2) is 82.3 Å². The number of allylic oxidation sites excluding steroid dienone is 20. The SMILES string of the molecule is CC/C=C\C/C=C\C/C=C\C/C=C\C/C=C\C/C=C\C/C=C\C/C=C\CCCCCCCCC(=O)OC(COC(=O)CCCCCCC/C=C\C/C=C\CCCC)COC(OCC[N+](C)(C)C)C(=O)[O-]. The highest BCUT2D eigenvalue weighted by atomic mass is 16.7. The molecule has 0 heterocycles. The van der Waals surface area contributed by atoms with Gasteiger partial charge in [0.05, 0.1) is 40.3 Å². The number of unbranched alkanes of at least 4 members (excludes halogenated alkanes) is 13. The van der Waals surface area contributed by atoms with Gasteiger partial charge in [0.2, 0.25) is 0 Å². The molecule has 0 aliphatic carbocycles. The fourth-order valence-electron chi connectivity index (χ4n) is 6.74. The van der Waals surface area contributed by atoms with Crippen LogP contribution in [0.2, 0.25) is 0 Å². The van der Waals surface area contributed by atoms with Gasteiger partial charge in [-0.3, -0.25) is 9.59 Å². The Balaban J connectivity index is 4.33. The lowest BCUT2D eigenvalue weighted by molar-refractivity contribution is -0.870. The normalized spacial score (nSPS) is 13.8. The van der Waals surface area contributed by atoms with Crippen LogP contribution in [-0.2, 0) is 33.3 Å². The highest BCUT2D eigenvalue weighted by Gasteiger charge is 2.22. The van der Waals surface area contributed by atoms with Gasteiger partial charge in [-0.1, -0.05) is 193 Å². The second kappa shape index (κ2) is 51.1. The Morgan fingerprint density at radius 1 is 0.443 bits per heavy atom. The number of aliphatic carboxylic acids is 1. The molecule has 0 radical (unpaired) electrons. The summed E-state index contributed by atoms with van der Waals surface area (Å²) in [6, 6.07) is 0. The molecular formula is C61H99NO8. The molecule has 2 atom stereocenters. The summed E-state index contributed by atoms with van der Waals surface area (Å²) in [7, 11) is 5.89. The Kier molecular flexibility index (Phi) is 47.9. The van der Waals surface area contributed by atoms with Crippen LogP contribution in [0.15, 0.2) is 122 Å². The average molecular weight is 974 g/mol. The van der Waals surface area contributed by atoms with Crippen LogP contribution in [0.3, 0.4) is 0 Å². The predicted octanol–water partition coefficient (Wildman–Crippen LogP) is 14.4. The number of rotatable bonds is 48. The molecule has 396 valence electrons. The van der Waals surface area contributed by atoms with Gasteiger partial charge < -0.3 is 33.3 Å². The molecule has 70 heavy (non-hydrogen) atoms. The number of quaternary nitrogens is 1. The largest absolute Gasteiger partial charge is 0.545 e. The molecule has 0 aliphatic heterocycles. The van der Waals surface area contributed by atoms with Crippen molar-refractivity contribution in [3.8, 4) is 0 Å². The molecule has 9 heteroatoms. The summed E-state index contributed by atoms with van der Waals surface area (Å²) in [5, 5.41) is 11.7. The molecule has 0 aromatic carbocycles. The molecule has 9 nitrogen and oxygen atoms in total. The van der Waals surface area contributed by atoms with Crippen LogP contribution in [0.25, 0.3) is 0 Å². The Bertz CT molecular complexity index is 1560. The molecule has 0 bridgehead atoms. The van der Waals surface area contributed by atoms with E-state index in [0.29, 0.717) is 23.9 Å². The first kappa shape index (κ1) is 65.7. The van der Waals surface area contributed by atoms with Crippen molar-refractivity contribution in [2.24, 2.45) is 0 Å². The minimum atomic E-state index is -1.64. The summed E-state index contributed by atoms with van der Waals surface area (Å²) in [6.07, 6.45) is 68.1. The van der Waals surface area contributed by atoms with Crippen molar-refractivity contribution in [3.05, 3.63) is 122 Å². The number of hydrogen-bond acceptors (Lipinski definition) is 8. The van der Waals surface area contributed by atoms with E-state index in [1.807, 2.05) is 21.1 Å². The van der Waals surface area contributed by atoms with Gasteiger partial charge in [-0.05, 0) is 103 Å². The standard InChI is InChI=1S/C61H99NO8/c1-6-8-10-12-14-16-18-20-22-23-24-25-26-27-28-29-30-31-32-33-34-35-36-37-38-40-42-44-46-48-50-52-59(64)70-57(56-69-61(60(65)66)67-54-53-62(3,4)5)55-68-58(63)51-49-47-45-43-41-39-21-19-17-15-13-11-9-7-2/h8,10,13-16,19-22,24-25,27-28,30-31,33-34,36-37,57,61H,6-7,9,11-12,17-18,23,26,29,32,35,38-56H2,1-5H3/b10-8-,15-13-,16-14-,21-19-,22-20-,25-24-,28-27-,31-30-,34-33-,37-36-. The van der Waals surface area contributed by atoms with Gasteiger partial charge in [-0.2, -0.15) is 0 Å². The van der Waals surface area contributed by atoms with Gasteiger partial charge in [-0.15, -0.1) is 0 Å². The minimum Gasteiger partial charge on any atom is -0.545 e. The van der Waals surface area contributed by atoms with Crippen LogP contribution in [0, 0.1) is 0 Å². The lowest BCUT2D eigenvalue weighted by Crippen LogP contribution is -2.44. The molecule has 0 aliphatic rings. The topological polar surface area (TPSA) is 111 Å². The van der Waals surface area contributed by atoms with Crippen LogP contribution < -0.4 is 5.11 Å². The second-order valence-electron chi connectivity index (χ2n) is 18.8. The summed E-state index contributed by atoms with van der Waals surface area (Å²) in [6.45, 7) is 4.53. The Morgan fingerprint density at radius 3 is 1.21 bits per heavy atom. The van der Waals surface area contributed by atoms with E-state index >= 15 is 0 Å². The highest BCUT2D eigenvalue weighted by Crippen LogP contribution is 2.13. The van der Waals surface area contributed by atoms with Crippen molar-refractivity contribution in [1.82, 2.24) is 0 Å². The van der Waals surface area contributed by atoms with E-state index in [0.717, 1.165) is 135 Å². The van der Waals surface area contributed by atoms with E-state index in [-0.39, 0.29) is 38.6 Å². The maximum absolute atomic E-state index is 12.8. The van der Waals surface area contributed by atoms with Crippen LogP contribution in [0.4, 0.5) is 0 Å². The molecule has 0 amide bonds. The Labute approximate surface area is 427 Å².